The summed E-state index contributed by atoms with van der Waals surface area (Å²) < 4.78 is 5.29. The van der Waals surface area contributed by atoms with Crippen LogP contribution in [0, 0.1) is 0 Å². The molecule has 2 heterocycles. The van der Waals surface area contributed by atoms with Crippen LogP contribution in [0.15, 0.2) is 46.1 Å². The summed E-state index contributed by atoms with van der Waals surface area (Å²) in [6.07, 6.45) is 3.12. The first kappa shape index (κ1) is 21.4. The minimum Gasteiger partial charge on any atom is -0.507 e. The largest absolute Gasteiger partial charge is 0.507 e. The van der Waals surface area contributed by atoms with Gasteiger partial charge in [-0.3, -0.25) is 9.89 Å². The number of hydrazone groups is 1. The first-order valence-corrected chi connectivity index (χ1v) is 9.77. The average Bonchev–Trinajstić information content (AvgIpc) is 3.32. The molecule has 0 atom stereocenters. The maximum Gasteiger partial charge on any atom is 0.291 e. The van der Waals surface area contributed by atoms with Gasteiger partial charge < -0.3 is 9.52 Å². The van der Waals surface area contributed by atoms with E-state index in [0.29, 0.717) is 17.2 Å². The van der Waals surface area contributed by atoms with Crippen molar-refractivity contribution < 1.29 is 14.3 Å². The number of phenolic OH excluding ortho intramolecular Hbond substituents is 1. The van der Waals surface area contributed by atoms with Crippen LogP contribution in [0.5, 0.6) is 5.75 Å². The van der Waals surface area contributed by atoms with Gasteiger partial charge in [-0.15, -0.1) is 0 Å². The van der Waals surface area contributed by atoms with Gasteiger partial charge in [-0.05, 0) is 40.7 Å². The third-order valence-electron chi connectivity index (χ3n) is 4.73. The molecule has 0 spiro atoms. The van der Waals surface area contributed by atoms with Gasteiger partial charge in [0.2, 0.25) is 0 Å². The zero-order valence-corrected chi connectivity index (χ0v) is 18.2. The van der Waals surface area contributed by atoms with Crippen LogP contribution in [0.3, 0.4) is 0 Å². The number of benzene rings is 1. The van der Waals surface area contributed by atoms with E-state index in [1.807, 2.05) is 53.7 Å². The third-order valence-corrected chi connectivity index (χ3v) is 4.73. The number of nitrogens with zero attached hydrogens (tertiary/aromatic N) is 2. The van der Waals surface area contributed by atoms with Gasteiger partial charge in [-0.2, -0.15) is 10.2 Å². The standard InChI is InChI=1S/C23H28N4O3/c1-22(2,3)15-10-14(11-16(20(15)28)23(4,5)6)13-24-27-21(29)18-12-17(25-26-18)19-8-7-9-30-19/h7-13,28H,1-6H3,(H,25,26)(H,27,29)/b24-13-. The van der Waals surface area contributed by atoms with Crippen LogP contribution in [0.2, 0.25) is 0 Å². The lowest BCUT2D eigenvalue weighted by Gasteiger charge is -2.27. The predicted molar refractivity (Wildman–Crippen MR) is 117 cm³/mol. The minimum atomic E-state index is -0.439. The Morgan fingerprint density at radius 2 is 1.77 bits per heavy atom. The topological polar surface area (TPSA) is 104 Å². The van der Waals surface area contributed by atoms with E-state index < -0.39 is 5.91 Å². The molecule has 0 aliphatic carbocycles. The van der Waals surface area contributed by atoms with Gasteiger partial charge in [0.15, 0.2) is 11.5 Å². The maximum absolute atomic E-state index is 12.3. The molecule has 0 saturated heterocycles. The number of hydrogen-bond acceptors (Lipinski definition) is 5. The number of hydrogen-bond donors (Lipinski definition) is 3. The highest BCUT2D eigenvalue weighted by atomic mass is 16.3. The summed E-state index contributed by atoms with van der Waals surface area (Å²) in [6.45, 7) is 12.3. The maximum atomic E-state index is 12.3. The number of H-pyrrole nitrogens is 1. The second-order valence-electron chi connectivity index (χ2n) is 9.31. The number of carbonyl (C=O) groups is 1. The molecule has 0 unspecified atom stereocenters. The monoisotopic (exact) mass is 408 g/mol. The van der Waals surface area contributed by atoms with E-state index in [1.54, 1.807) is 30.7 Å². The quantitative estimate of drug-likeness (QED) is 0.429. The number of rotatable bonds is 4. The molecule has 0 aliphatic rings. The van der Waals surface area contributed by atoms with Gasteiger partial charge >= 0.3 is 0 Å². The summed E-state index contributed by atoms with van der Waals surface area (Å²) in [4.78, 5) is 12.3. The highest BCUT2D eigenvalue weighted by Gasteiger charge is 2.26. The van der Waals surface area contributed by atoms with Crippen molar-refractivity contribution in [2.24, 2.45) is 5.10 Å². The van der Waals surface area contributed by atoms with E-state index in [1.165, 1.54) is 0 Å². The fourth-order valence-corrected chi connectivity index (χ4v) is 3.09. The normalized spacial score (nSPS) is 12.5. The van der Waals surface area contributed by atoms with Crippen LogP contribution in [0.4, 0.5) is 0 Å². The Hall–Kier alpha value is -3.35. The van der Waals surface area contributed by atoms with Crippen molar-refractivity contribution >= 4 is 12.1 Å². The third kappa shape index (κ3) is 4.62. The van der Waals surface area contributed by atoms with Crippen LogP contribution in [0.25, 0.3) is 11.5 Å². The van der Waals surface area contributed by atoms with E-state index in [9.17, 15) is 9.90 Å². The average molecular weight is 409 g/mol. The molecule has 7 heteroatoms. The summed E-state index contributed by atoms with van der Waals surface area (Å²) in [5.41, 5.74) is 5.28. The molecule has 2 aromatic heterocycles. The highest BCUT2D eigenvalue weighted by molar-refractivity contribution is 5.94. The first-order chi connectivity index (χ1) is 14.0. The van der Waals surface area contributed by atoms with E-state index in [-0.39, 0.29) is 16.5 Å². The molecule has 30 heavy (non-hydrogen) atoms. The molecule has 0 bridgehead atoms. The second-order valence-corrected chi connectivity index (χ2v) is 9.31. The summed E-state index contributed by atoms with van der Waals surface area (Å²) in [5.74, 6) is 0.461. The van der Waals surface area contributed by atoms with Gasteiger partial charge in [-0.1, -0.05) is 41.5 Å². The molecule has 3 rings (SSSR count). The first-order valence-electron chi connectivity index (χ1n) is 9.77. The van der Waals surface area contributed by atoms with Crippen LogP contribution in [-0.2, 0) is 10.8 Å². The number of furan rings is 1. The number of aromatic amines is 1. The Morgan fingerprint density at radius 3 is 2.30 bits per heavy atom. The fraction of sp³-hybridized carbons (Fsp3) is 0.348. The molecule has 0 fully saturated rings. The number of amides is 1. The van der Waals surface area contributed by atoms with Crippen molar-refractivity contribution in [3.8, 4) is 17.2 Å². The lowest BCUT2D eigenvalue weighted by molar-refractivity contribution is 0.0950. The predicted octanol–water partition coefficient (Wildman–Crippen LogP) is 4.73. The van der Waals surface area contributed by atoms with E-state index in [4.69, 9.17) is 4.42 Å². The molecule has 1 aromatic carbocycles. The Morgan fingerprint density at radius 1 is 1.13 bits per heavy atom. The molecule has 3 aromatic rings. The van der Waals surface area contributed by atoms with Crippen molar-refractivity contribution in [2.45, 2.75) is 52.4 Å². The molecule has 1 amide bonds. The van der Waals surface area contributed by atoms with E-state index in [2.05, 4.69) is 20.7 Å². The lowest BCUT2D eigenvalue weighted by Crippen LogP contribution is -2.19. The zero-order chi connectivity index (χ0) is 22.1. The summed E-state index contributed by atoms with van der Waals surface area (Å²) >= 11 is 0. The second kappa shape index (κ2) is 7.82. The van der Waals surface area contributed by atoms with Crippen molar-refractivity contribution in [1.29, 1.82) is 0 Å². The smallest absolute Gasteiger partial charge is 0.291 e. The SMILES string of the molecule is CC(C)(C)c1cc(/C=N\NC(=O)c2cc(-c3ccco3)[nH]n2)cc(C(C)(C)C)c1O. The number of carbonyl (C=O) groups excluding carboxylic acids is 1. The summed E-state index contributed by atoms with van der Waals surface area (Å²) in [7, 11) is 0. The molecule has 158 valence electrons. The Balaban J connectivity index is 1.81. The van der Waals surface area contributed by atoms with Crippen LogP contribution < -0.4 is 5.43 Å². The number of aromatic hydroxyl groups is 1. The number of phenols is 1. The molecule has 0 radical (unpaired) electrons. The number of aromatic nitrogens is 2. The molecule has 7 nitrogen and oxygen atoms in total. The highest BCUT2D eigenvalue weighted by Crippen LogP contribution is 2.39. The Kier molecular flexibility index (Phi) is 5.57. The van der Waals surface area contributed by atoms with Crippen LogP contribution in [0.1, 0.15) is 68.7 Å². The van der Waals surface area contributed by atoms with Crippen LogP contribution in [-0.4, -0.2) is 27.4 Å². The molecular formula is C23H28N4O3. The van der Waals surface area contributed by atoms with Gasteiger partial charge in [-0.25, -0.2) is 5.43 Å². The Bertz CT molecular complexity index is 1030. The van der Waals surface area contributed by atoms with Crippen molar-refractivity contribution in [3.05, 3.63) is 59.0 Å². The fourth-order valence-electron chi connectivity index (χ4n) is 3.09. The van der Waals surface area contributed by atoms with Gasteiger partial charge in [0.05, 0.1) is 12.5 Å². The van der Waals surface area contributed by atoms with Crippen LogP contribution >= 0.6 is 0 Å². The molecular weight excluding hydrogens is 380 g/mol. The molecule has 0 saturated carbocycles. The van der Waals surface area contributed by atoms with Gasteiger partial charge in [0, 0.05) is 17.2 Å². The van der Waals surface area contributed by atoms with Crippen molar-refractivity contribution in [2.75, 3.05) is 0 Å². The van der Waals surface area contributed by atoms with E-state index >= 15 is 0 Å². The summed E-state index contributed by atoms with van der Waals surface area (Å²) in [5, 5.41) is 21.6. The molecule has 3 N–H and O–H groups in total. The van der Waals surface area contributed by atoms with Crippen molar-refractivity contribution in [1.82, 2.24) is 15.6 Å². The number of nitrogens with one attached hydrogen (secondary N) is 2. The summed E-state index contributed by atoms with van der Waals surface area (Å²) in [6, 6.07) is 8.92. The van der Waals surface area contributed by atoms with Gasteiger partial charge in [0.1, 0.15) is 11.4 Å². The minimum absolute atomic E-state index is 0.204. The zero-order valence-electron chi connectivity index (χ0n) is 18.2. The lowest BCUT2D eigenvalue weighted by atomic mass is 9.78. The molecule has 0 aliphatic heterocycles. The van der Waals surface area contributed by atoms with Crippen molar-refractivity contribution in [3.63, 3.8) is 0 Å². The van der Waals surface area contributed by atoms with Gasteiger partial charge in [0.25, 0.3) is 5.91 Å². The Labute approximate surface area is 176 Å². The van der Waals surface area contributed by atoms with E-state index in [0.717, 1.165) is 16.7 Å².